The Balaban J connectivity index is 1.59. The van der Waals surface area contributed by atoms with E-state index in [2.05, 4.69) is 9.97 Å². The molecule has 1 aliphatic heterocycles. The van der Waals surface area contributed by atoms with E-state index in [0.29, 0.717) is 29.4 Å². The van der Waals surface area contributed by atoms with Gasteiger partial charge in [0.1, 0.15) is 17.4 Å². The summed E-state index contributed by atoms with van der Waals surface area (Å²) in [6.07, 6.45) is 7.30. The van der Waals surface area contributed by atoms with Crippen LogP contribution in [0.5, 0.6) is 5.75 Å². The number of benzene rings is 2. The molecule has 8 heteroatoms. The number of hydrogen-bond donors (Lipinski definition) is 1. The zero-order valence-electron chi connectivity index (χ0n) is 18.8. The number of aromatic carboxylic acids is 1. The molecule has 0 saturated carbocycles. The summed E-state index contributed by atoms with van der Waals surface area (Å²) in [5, 5.41) is 9.82. The number of carboxylic acids is 1. The molecule has 34 heavy (non-hydrogen) atoms. The van der Waals surface area contributed by atoms with E-state index in [4.69, 9.17) is 4.74 Å². The van der Waals surface area contributed by atoms with Gasteiger partial charge in [0.15, 0.2) is 5.69 Å². The van der Waals surface area contributed by atoms with Gasteiger partial charge in [0, 0.05) is 18.3 Å². The molecule has 2 aromatic carbocycles. The molecule has 0 radical (unpaired) electrons. The average Bonchev–Trinajstić information content (AvgIpc) is 3.44. The zero-order chi connectivity index (χ0) is 23.8. The van der Waals surface area contributed by atoms with Gasteiger partial charge in [-0.05, 0) is 73.4 Å². The number of ether oxygens (including phenoxy) is 1. The minimum absolute atomic E-state index is 0.0298. The maximum absolute atomic E-state index is 13.5. The number of carboxylic acid groups (broad SMARTS) is 1. The Labute approximate surface area is 195 Å². The zero-order valence-corrected chi connectivity index (χ0v) is 18.8. The van der Waals surface area contributed by atoms with Gasteiger partial charge in [0.2, 0.25) is 0 Å². The smallest absolute Gasteiger partial charge is 0.356 e. The van der Waals surface area contributed by atoms with Gasteiger partial charge in [-0.2, -0.15) is 0 Å². The number of rotatable bonds is 5. The number of carbonyl (C=O) groups is 1. The number of methoxy groups -OCH3 is 1. The highest BCUT2D eigenvalue weighted by atomic mass is 19.1. The van der Waals surface area contributed by atoms with E-state index in [1.165, 1.54) is 12.1 Å². The second-order valence-corrected chi connectivity index (χ2v) is 8.22. The molecule has 0 saturated heterocycles. The van der Waals surface area contributed by atoms with Crippen LogP contribution in [0.1, 0.15) is 40.4 Å². The highest BCUT2D eigenvalue weighted by Gasteiger charge is 2.27. The topological polar surface area (TPSA) is 82.2 Å². The van der Waals surface area contributed by atoms with Crippen molar-refractivity contribution in [3.63, 3.8) is 0 Å². The first kappa shape index (κ1) is 21.6. The third-order valence-corrected chi connectivity index (χ3v) is 5.94. The summed E-state index contributed by atoms with van der Waals surface area (Å²) in [5.74, 6) is -0.162. The number of halogens is 1. The molecule has 0 fully saturated rings. The van der Waals surface area contributed by atoms with Crippen molar-refractivity contribution in [2.24, 2.45) is 0 Å². The summed E-state index contributed by atoms with van der Waals surface area (Å²) in [6, 6.07) is 11.7. The van der Waals surface area contributed by atoms with Crippen LogP contribution in [0.4, 0.5) is 4.39 Å². The highest BCUT2D eigenvalue weighted by Crippen LogP contribution is 2.35. The van der Waals surface area contributed by atoms with E-state index < -0.39 is 5.97 Å². The highest BCUT2D eigenvalue weighted by molar-refractivity contribution is 5.95. The Morgan fingerprint density at radius 2 is 2.00 bits per heavy atom. The van der Waals surface area contributed by atoms with Crippen molar-refractivity contribution in [2.45, 2.75) is 26.3 Å². The quantitative estimate of drug-likeness (QED) is 0.443. The largest absolute Gasteiger partial charge is 0.495 e. The predicted molar refractivity (Wildman–Crippen MR) is 127 cm³/mol. The summed E-state index contributed by atoms with van der Waals surface area (Å²) >= 11 is 0. The van der Waals surface area contributed by atoms with Gasteiger partial charge >= 0.3 is 5.97 Å². The fourth-order valence-electron chi connectivity index (χ4n) is 4.39. The van der Waals surface area contributed by atoms with Crippen molar-refractivity contribution in [3.8, 4) is 22.7 Å². The predicted octanol–water partition coefficient (Wildman–Crippen LogP) is 5.22. The average molecular weight is 458 g/mol. The van der Waals surface area contributed by atoms with Crippen LogP contribution in [-0.4, -0.2) is 37.3 Å². The number of nitrogens with zero attached hydrogens (tertiary/aromatic N) is 4. The monoisotopic (exact) mass is 458 g/mol. The fourth-order valence-corrected chi connectivity index (χ4v) is 4.39. The Bertz CT molecular complexity index is 1420. The molecular formula is C26H23FN4O3. The lowest BCUT2D eigenvalue weighted by Gasteiger charge is -2.19. The molecule has 0 amide bonds. The molecule has 5 rings (SSSR count). The summed E-state index contributed by atoms with van der Waals surface area (Å²) < 4.78 is 22.9. The van der Waals surface area contributed by atoms with E-state index in [9.17, 15) is 14.3 Å². The lowest BCUT2D eigenvalue weighted by molar-refractivity contribution is 0.0692. The molecule has 1 aliphatic rings. The Morgan fingerprint density at radius 1 is 1.21 bits per heavy atom. The van der Waals surface area contributed by atoms with Crippen molar-refractivity contribution in [1.82, 2.24) is 19.1 Å². The van der Waals surface area contributed by atoms with E-state index in [-0.39, 0.29) is 11.5 Å². The van der Waals surface area contributed by atoms with Crippen molar-refractivity contribution in [1.29, 1.82) is 0 Å². The van der Waals surface area contributed by atoms with Crippen LogP contribution < -0.4 is 4.74 Å². The molecule has 4 aromatic rings. The number of allylic oxidation sites excluding steroid dienone is 1. The van der Waals surface area contributed by atoms with Crippen LogP contribution in [0.15, 0.2) is 55.0 Å². The van der Waals surface area contributed by atoms with Crippen molar-refractivity contribution in [3.05, 3.63) is 83.6 Å². The lowest BCUT2D eigenvalue weighted by Crippen LogP contribution is -2.11. The Kier molecular flexibility index (Phi) is 5.49. The number of aromatic nitrogens is 4. The second-order valence-electron chi connectivity index (χ2n) is 8.22. The van der Waals surface area contributed by atoms with Gasteiger partial charge in [0.25, 0.3) is 0 Å². The third kappa shape index (κ3) is 3.87. The molecule has 0 aliphatic carbocycles. The van der Waals surface area contributed by atoms with Crippen LogP contribution in [0.3, 0.4) is 0 Å². The van der Waals surface area contributed by atoms with E-state index in [1.807, 2.05) is 46.5 Å². The van der Waals surface area contributed by atoms with E-state index in [0.717, 1.165) is 35.4 Å². The summed E-state index contributed by atoms with van der Waals surface area (Å²) in [7, 11) is 1.63. The second kappa shape index (κ2) is 8.62. The first-order valence-corrected chi connectivity index (χ1v) is 10.9. The Hall–Kier alpha value is -4.20. The van der Waals surface area contributed by atoms with Crippen LogP contribution >= 0.6 is 0 Å². The molecule has 172 valence electrons. The van der Waals surface area contributed by atoms with Crippen LogP contribution in [-0.2, 0) is 6.54 Å². The van der Waals surface area contributed by atoms with Gasteiger partial charge in [-0.3, -0.25) is 0 Å². The SMILES string of the molecule is COc1cc(/C=C2\CCCn3c2nc(C(=O)O)c3-c2ccc(F)cc2)ccc1-n1cnc(C)c1. The van der Waals surface area contributed by atoms with Crippen LogP contribution in [0.2, 0.25) is 0 Å². The minimum Gasteiger partial charge on any atom is -0.495 e. The molecule has 0 unspecified atom stereocenters. The van der Waals surface area contributed by atoms with Crippen LogP contribution in [0.25, 0.3) is 28.6 Å². The first-order valence-electron chi connectivity index (χ1n) is 10.9. The number of imidazole rings is 2. The summed E-state index contributed by atoms with van der Waals surface area (Å²) in [5.41, 5.74) is 4.74. The summed E-state index contributed by atoms with van der Waals surface area (Å²) in [6.45, 7) is 2.57. The van der Waals surface area contributed by atoms with E-state index >= 15 is 0 Å². The standard InChI is InChI=1S/C26H23FN4O3/c1-16-14-30(15-28-16)21-10-5-17(13-22(21)34-2)12-19-4-3-11-31-24(18-6-8-20(27)9-7-18)23(26(32)33)29-25(19)31/h5-10,12-15H,3-4,11H2,1-2H3,(H,32,33)/b19-12+. The molecule has 0 bridgehead atoms. The maximum Gasteiger partial charge on any atom is 0.356 e. The minimum atomic E-state index is -1.11. The van der Waals surface area contributed by atoms with Gasteiger partial charge < -0.3 is 19.0 Å². The van der Waals surface area contributed by atoms with Gasteiger partial charge in [0.05, 0.1) is 30.5 Å². The van der Waals surface area contributed by atoms with E-state index in [1.54, 1.807) is 25.6 Å². The third-order valence-electron chi connectivity index (χ3n) is 5.94. The van der Waals surface area contributed by atoms with Gasteiger partial charge in [-0.1, -0.05) is 6.07 Å². The molecular weight excluding hydrogens is 435 g/mol. The number of fused-ring (bicyclic) bond motifs is 1. The van der Waals surface area contributed by atoms with Gasteiger partial charge in [-0.25, -0.2) is 19.2 Å². The molecule has 3 heterocycles. The summed E-state index contributed by atoms with van der Waals surface area (Å²) in [4.78, 5) is 20.8. The molecule has 7 nitrogen and oxygen atoms in total. The number of aryl methyl sites for hydroxylation is 1. The van der Waals surface area contributed by atoms with Crippen molar-refractivity contribution >= 4 is 17.6 Å². The molecule has 0 spiro atoms. The first-order chi connectivity index (χ1) is 16.4. The lowest BCUT2D eigenvalue weighted by atomic mass is 10.0. The maximum atomic E-state index is 13.5. The van der Waals surface area contributed by atoms with Crippen LogP contribution in [0, 0.1) is 12.7 Å². The fraction of sp³-hybridized carbons (Fsp3) is 0.192. The molecule has 2 aromatic heterocycles. The van der Waals surface area contributed by atoms with Crippen molar-refractivity contribution in [2.75, 3.05) is 7.11 Å². The van der Waals surface area contributed by atoms with Crippen molar-refractivity contribution < 1.29 is 19.0 Å². The van der Waals surface area contributed by atoms with Gasteiger partial charge in [-0.15, -0.1) is 0 Å². The number of hydrogen-bond acceptors (Lipinski definition) is 4. The molecule has 1 N–H and O–H groups in total. The Morgan fingerprint density at radius 3 is 2.68 bits per heavy atom. The normalized spacial score (nSPS) is 14.3. The molecule has 0 atom stereocenters.